The minimum absolute atomic E-state index is 0.0613. The fraction of sp³-hybridized carbons (Fsp3) is 0.417. The number of aryl methyl sites for hydroxylation is 1. The Hall–Kier alpha value is -3.08. The molecule has 1 atom stereocenters. The summed E-state index contributed by atoms with van der Waals surface area (Å²) in [6.07, 6.45) is -1.68. The third-order valence-corrected chi connectivity index (χ3v) is 7.15. The fourth-order valence-electron chi connectivity index (χ4n) is 3.21. The van der Waals surface area contributed by atoms with E-state index in [1.165, 1.54) is 0 Å². The van der Waals surface area contributed by atoms with E-state index in [0.29, 0.717) is 5.69 Å². The second-order valence-electron chi connectivity index (χ2n) is 8.35. The number of carbonyl (C=O) groups excluding carboxylic acids is 1. The highest BCUT2D eigenvalue weighted by Gasteiger charge is 2.51. The number of hydrogen-bond acceptors (Lipinski definition) is 4. The number of anilines is 1. The molecule has 0 spiro atoms. The number of hydrogen-bond donors (Lipinski definition) is 3. The van der Waals surface area contributed by atoms with Crippen LogP contribution in [0.3, 0.4) is 0 Å². The van der Waals surface area contributed by atoms with E-state index in [-0.39, 0.29) is 16.8 Å². The third kappa shape index (κ3) is 7.45. The van der Waals surface area contributed by atoms with Gasteiger partial charge in [0.05, 0.1) is 10.3 Å². The Morgan fingerprint density at radius 2 is 1.54 bits per heavy atom. The van der Waals surface area contributed by atoms with E-state index >= 15 is 0 Å². The lowest BCUT2D eigenvalue weighted by Crippen LogP contribution is -2.39. The van der Waals surface area contributed by atoms with Crippen LogP contribution in [0.4, 0.5) is 18.9 Å². The van der Waals surface area contributed by atoms with Crippen molar-refractivity contribution in [2.45, 2.75) is 69.0 Å². The van der Waals surface area contributed by atoms with Crippen LogP contribution >= 0.6 is 0 Å². The first kappa shape index (κ1) is 28.2. The van der Waals surface area contributed by atoms with Gasteiger partial charge in [-0.1, -0.05) is 38.1 Å². The lowest BCUT2D eigenvalue weighted by molar-refractivity contribution is -0.192. The Balaban J connectivity index is 0.000000540. The van der Waals surface area contributed by atoms with Crippen molar-refractivity contribution in [3.8, 4) is 0 Å². The molecule has 3 rings (SSSR count). The van der Waals surface area contributed by atoms with Gasteiger partial charge >= 0.3 is 12.1 Å². The Morgan fingerprint density at radius 3 is 1.94 bits per heavy atom. The number of halogens is 3. The molecule has 1 unspecified atom stereocenters. The van der Waals surface area contributed by atoms with Crippen molar-refractivity contribution in [1.82, 2.24) is 5.32 Å². The molecule has 3 N–H and O–H groups in total. The molecule has 2 aromatic carbocycles. The van der Waals surface area contributed by atoms with Gasteiger partial charge in [-0.05, 0) is 68.0 Å². The van der Waals surface area contributed by atoms with Gasteiger partial charge in [0.2, 0.25) is 5.91 Å². The van der Waals surface area contributed by atoms with E-state index in [2.05, 4.69) is 10.0 Å². The summed E-state index contributed by atoms with van der Waals surface area (Å²) < 4.78 is 59.5. The van der Waals surface area contributed by atoms with Crippen molar-refractivity contribution >= 4 is 27.6 Å². The lowest BCUT2D eigenvalue weighted by Gasteiger charge is -2.19. The van der Waals surface area contributed by atoms with Crippen molar-refractivity contribution in [1.29, 1.82) is 0 Å². The molecule has 7 nitrogen and oxygen atoms in total. The minimum atomic E-state index is -5.08. The highest BCUT2D eigenvalue weighted by atomic mass is 32.2. The number of sulfonamides is 1. The van der Waals surface area contributed by atoms with Gasteiger partial charge in [-0.25, -0.2) is 13.2 Å². The van der Waals surface area contributed by atoms with Crippen LogP contribution in [0.25, 0.3) is 0 Å². The lowest BCUT2D eigenvalue weighted by atomic mass is 9.94. The molecule has 0 aromatic heterocycles. The second kappa shape index (κ2) is 11.1. The van der Waals surface area contributed by atoms with E-state index in [9.17, 15) is 26.4 Å². The molecule has 1 aliphatic rings. The van der Waals surface area contributed by atoms with Gasteiger partial charge in [0.15, 0.2) is 0 Å². The highest BCUT2D eigenvalue weighted by molar-refractivity contribution is 7.92. The molecular weight excluding hydrogens is 485 g/mol. The van der Waals surface area contributed by atoms with Gasteiger partial charge in [0.25, 0.3) is 10.0 Å². The van der Waals surface area contributed by atoms with E-state index in [1.807, 2.05) is 45.0 Å². The van der Waals surface area contributed by atoms with Gasteiger partial charge in [-0.15, -0.1) is 0 Å². The van der Waals surface area contributed by atoms with Crippen molar-refractivity contribution < 1.29 is 36.3 Å². The average molecular weight is 515 g/mol. The maximum absolute atomic E-state index is 12.6. The molecule has 0 saturated heterocycles. The monoisotopic (exact) mass is 514 g/mol. The van der Waals surface area contributed by atoms with Crippen LogP contribution in [0.5, 0.6) is 0 Å². The number of carboxylic acid groups (broad SMARTS) is 1. The van der Waals surface area contributed by atoms with Gasteiger partial charge < -0.3 is 10.4 Å². The molecule has 1 saturated carbocycles. The van der Waals surface area contributed by atoms with Crippen molar-refractivity contribution in [3.05, 3.63) is 59.7 Å². The number of amides is 1. The van der Waals surface area contributed by atoms with E-state index in [0.717, 1.165) is 36.8 Å². The molecule has 0 radical (unpaired) electrons. The largest absolute Gasteiger partial charge is 0.490 e. The molecule has 1 fully saturated rings. The average Bonchev–Trinajstić information content (AvgIpc) is 3.61. The quantitative estimate of drug-likeness (QED) is 0.476. The van der Waals surface area contributed by atoms with Crippen molar-refractivity contribution in [2.24, 2.45) is 0 Å². The summed E-state index contributed by atoms with van der Waals surface area (Å²) in [5, 5.41) is 10.2. The first-order valence-corrected chi connectivity index (χ1v) is 12.6. The molecule has 192 valence electrons. The van der Waals surface area contributed by atoms with Crippen LogP contribution in [-0.4, -0.2) is 37.6 Å². The molecule has 0 heterocycles. The Bertz CT molecular complexity index is 1130. The number of carboxylic acids is 1. The van der Waals surface area contributed by atoms with Crippen LogP contribution in [0, 0.1) is 0 Å². The minimum Gasteiger partial charge on any atom is -0.475 e. The Labute approximate surface area is 202 Å². The molecule has 0 aliphatic heterocycles. The summed E-state index contributed by atoms with van der Waals surface area (Å²) in [6.45, 7) is 6.07. The Kier molecular flexibility index (Phi) is 8.94. The maximum Gasteiger partial charge on any atom is 0.490 e. The standard InChI is InChI=1S/C22H28N2O3S.C2HF3O2/c1-4-16(3)23-21(25)22(14-15-22)18-8-10-19(11-9-18)24-28(26,27)20-12-6-17(5-2)7-13-20;3-2(4,5)1(6)7/h6-13,16,24H,4-5,14-15H2,1-3H3,(H,23,25);(H,6,7). The first-order valence-electron chi connectivity index (χ1n) is 11.1. The number of nitrogens with one attached hydrogen (secondary N) is 2. The van der Waals surface area contributed by atoms with Gasteiger partial charge in [-0.2, -0.15) is 13.2 Å². The molecule has 2 aromatic rings. The predicted molar refractivity (Wildman–Crippen MR) is 126 cm³/mol. The van der Waals surface area contributed by atoms with Crippen LogP contribution in [0.1, 0.15) is 51.2 Å². The maximum atomic E-state index is 12.6. The topological polar surface area (TPSA) is 113 Å². The van der Waals surface area contributed by atoms with Crippen molar-refractivity contribution in [3.63, 3.8) is 0 Å². The number of carbonyl (C=O) groups is 2. The normalized spacial score (nSPS) is 15.3. The SMILES string of the molecule is CCc1ccc(S(=O)(=O)Nc2ccc(C3(C(=O)NC(C)CC)CC3)cc2)cc1.O=C(O)C(F)(F)F. The second-order valence-corrected chi connectivity index (χ2v) is 10.0. The smallest absolute Gasteiger partial charge is 0.475 e. The number of rotatable bonds is 8. The third-order valence-electron chi connectivity index (χ3n) is 5.75. The summed E-state index contributed by atoms with van der Waals surface area (Å²) in [6, 6.07) is 14.2. The predicted octanol–water partition coefficient (Wildman–Crippen LogP) is 4.63. The van der Waals surface area contributed by atoms with Crippen LogP contribution < -0.4 is 10.0 Å². The van der Waals surface area contributed by atoms with Crippen LogP contribution in [0.2, 0.25) is 0 Å². The zero-order valence-electron chi connectivity index (χ0n) is 19.6. The fourth-order valence-corrected chi connectivity index (χ4v) is 4.27. The number of benzene rings is 2. The number of aliphatic carboxylic acids is 1. The van der Waals surface area contributed by atoms with Crippen LogP contribution in [-0.2, 0) is 31.4 Å². The van der Waals surface area contributed by atoms with Gasteiger partial charge in [-0.3, -0.25) is 9.52 Å². The van der Waals surface area contributed by atoms with E-state index < -0.39 is 27.6 Å². The summed E-state index contributed by atoms with van der Waals surface area (Å²) in [4.78, 5) is 21.8. The zero-order chi connectivity index (χ0) is 26.4. The van der Waals surface area contributed by atoms with E-state index in [4.69, 9.17) is 9.90 Å². The zero-order valence-corrected chi connectivity index (χ0v) is 20.5. The van der Waals surface area contributed by atoms with Gasteiger partial charge in [0, 0.05) is 11.7 Å². The summed E-state index contributed by atoms with van der Waals surface area (Å²) >= 11 is 0. The highest BCUT2D eigenvalue weighted by Crippen LogP contribution is 2.48. The molecule has 0 bridgehead atoms. The molecule has 35 heavy (non-hydrogen) atoms. The first-order chi connectivity index (χ1) is 16.2. The number of alkyl halides is 3. The molecule has 1 amide bonds. The molecular formula is C24H29F3N2O5S. The van der Waals surface area contributed by atoms with Crippen LogP contribution in [0.15, 0.2) is 53.4 Å². The summed E-state index contributed by atoms with van der Waals surface area (Å²) in [7, 11) is -3.64. The van der Waals surface area contributed by atoms with E-state index in [1.54, 1.807) is 24.3 Å². The van der Waals surface area contributed by atoms with Crippen molar-refractivity contribution in [2.75, 3.05) is 4.72 Å². The van der Waals surface area contributed by atoms with Gasteiger partial charge in [0.1, 0.15) is 0 Å². The summed E-state index contributed by atoms with van der Waals surface area (Å²) in [5.74, 6) is -2.70. The summed E-state index contributed by atoms with van der Waals surface area (Å²) in [5.41, 5.74) is 2.05. The molecule has 11 heteroatoms. The Morgan fingerprint density at radius 1 is 1.03 bits per heavy atom. The molecule has 1 aliphatic carbocycles.